The molecular formula is C11H11BrCl3N3O2S. The Kier molecular flexibility index (Phi) is 7.29. The fourth-order valence-corrected chi connectivity index (χ4v) is 2.04. The van der Waals surface area contributed by atoms with Gasteiger partial charge in [-0.15, -0.1) is 0 Å². The lowest BCUT2D eigenvalue weighted by molar-refractivity contribution is 0.166. The van der Waals surface area contributed by atoms with E-state index in [0.717, 1.165) is 10.2 Å². The van der Waals surface area contributed by atoms with Crippen molar-refractivity contribution < 1.29 is 9.53 Å². The molecule has 0 radical (unpaired) electrons. The fourth-order valence-electron chi connectivity index (χ4n) is 1.21. The van der Waals surface area contributed by atoms with Gasteiger partial charge in [-0.05, 0) is 36.5 Å². The smallest absolute Gasteiger partial charge is 0.408 e. The number of nitrogens with one attached hydrogen (secondary N) is 3. The number of ether oxygens (including phenoxy) is 1. The van der Waals surface area contributed by atoms with E-state index in [0.29, 0.717) is 0 Å². The maximum Gasteiger partial charge on any atom is 0.408 e. The van der Waals surface area contributed by atoms with Gasteiger partial charge in [-0.2, -0.15) is 0 Å². The number of rotatable bonds is 3. The standard InChI is InChI=1S/C11H11BrCl3N3O2S/c1-20-10(19)18-8(11(13,14)15)17-9(21)16-7-4-2-6(12)3-5-7/h2-5,8H,1H3,(H,18,19)(H2,16,17,21). The van der Waals surface area contributed by atoms with Gasteiger partial charge in [0.2, 0.25) is 3.79 Å². The van der Waals surface area contributed by atoms with E-state index in [1.807, 2.05) is 12.1 Å². The number of amides is 1. The highest BCUT2D eigenvalue weighted by atomic mass is 79.9. The number of methoxy groups -OCH3 is 1. The Hall–Kier alpha value is -0.470. The zero-order valence-electron chi connectivity index (χ0n) is 10.6. The summed E-state index contributed by atoms with van der Waals surface area (Å²) >= 11 is 25.7. The monoisotopic (exact) mass is 433 g/mol. The highest BCUT2D eigenvalue weighted by molar-refractivity contribution is 9.10. The summed E-state index contributed by atoms with van der Waals surface area (Å²) in [6.45, 7) is 0. The third kappa shape index (κ3) is 6.88. The van der Waals surface area contributed by atoms with Crippen LogP contribution in [0, 0.1) is 0 Å². The molecule has 21 heavy (non-hydrogen) atoms. The molecule has 0 heterocycles. The van der Waals surface area contributed by atoms with E-state index in [-0.39, 0.29) is 5.11 Å². The first-order chi connectivity index (χ1) is 9.72. The average molecular weight is 436 g/mol. The van der Waals surface area contributed by atoms with Gasteiger partial charge in [0.1, 0.15) is 0 Å². The van der Waals surface area contributed by atoms with Crippen molar-refractivity contribution >= 4 is 79.8 Å². The Bertz CT molecular complexity index is 510. The quantitative estimate of drug-likeness (QED) is 0.383. The summed E-state index contributed by atoms with van der Waals surface area (Å²) in [5.41, 5.74) is 0.733. The molecule has 3 N–H and O–H groups in total. The molecule has 1 unspecified atom stereocenters. The number of hydrogen-bond acceptors (Lipinski definition) is 3. The van der Waals surface area contributed by atoms with Gasteiger partial charge in [0.05, 0.1) is 7.11 Å². The van der Waals surface area contributed by atoms with Gasteiger partial charge >= 0.3 is 6.09 Å². The molecule has 10 heteroatoms. The minimum absolute atomic E-state index is 0.171. The van der Waals surface area contributed by atoms with Crippen molar-refractivity contribution in [3.05, 3.63) is 28.7 Å². The second-order valence-electron chi connectivity index (χ2n) is 3.72. The lowest BCUT2D eigenvalue weighted by atomic mass is 10.3. The van der Waals surface area contributed by atoms with E-state index in [4.69, 9.17) is 47.0 Å². The molecule has 0 saturated carbocycles. The van der Waals surface area contributed by atoms with E-state index in [1.54, 1.807) is 12.1 Å². The maximum absolute atomic E-state index is 11.2. The van der Waals surface area contributed by atoms with Crippen molar-refractivity contribution in [2.45, 2.75) is 9.96 Å². The first-order valence-electron chi connectivity index (χ1n) is 5.46. The van der Waals surface area contributed by atoms with Crippen LogP contribution >= 0.6 is 63.0 Å². The number of anilines is 1. The predicted molar refractivity (Wildman–Crippen MR) is 93.1 cm³/mol. The minimum atomic E-state index is -1.82. The lowest BCUT2D eigenvalue weighted by Gasteiger charge is -2.27. The van der Waals surface area contributed by atoms with Crippen LogP contribution in [0.25, 0.3) is 0 Å². The van der Waals surface area contributed by atoms with Crippen LogP contribution in [0.1, 0.15) is 0 Å². The molecule has 1 amide bonds. The number of hydrogen-bond donors (Lipinski definition) is 3. The van der Waals surface area contributed by atoms with E-state index in [9.17, 15) is 4.79 Å². The van der Waals surface area contributed by atoms with Gasteiger partial charge in [-0.25, -0.2) is 4.79 Å². The van der Waals surface area contributed by atoms with Gasteiger partial charge < -0.3 is 15.4 Å². The van der Waals surface area contributed by atoms with E-state index < -0.39 is 16.1 Å². The third-order valence-corrected chi connectivity index (χ3v) is 3.56. The summed E-state index contributed by atoms with van der Waals surface area (Å²) in [6, 6.07) is 7.28. The van der Waals surface area contributed by atoms with Crippen LogP contribution < -0.4 is 16.0 Å². The summed E-state index contributed by atoms with van der Waals surface area (Å²) in [6.07, 6.45) is -1.82. The first-order valence-corrected chi connectivity index (χ1v) is 7.80. The fraction of sp³-hybridized carbons (Fsp3) is 0.273. The number of alkyl carbamates (subject to hydrolysis) is 1. The zero-order chi connectivity index (χ0) is 16.0. The second-order valence-corrected chi connectivity index (χ2v) is 7.41. The van der Waals surface area contributed by atoms with Crippen LogP contribution in [-0.4, -0.2) is 28.3 Å². The predicted octanol–water partition coefficient (Wildman–Crippen LogP) is 3.79. The zero-order valence-corrected chi connectivity index (χ0v) is 15.3. The lowest BCUT2D eigenvalue weighted by Crippen LogP contribution is -2.56. The molecule has 1 aromatic rings. The highest BCUT2D eigenvalue weighted by Gasteiger charge is 2.34. The Balaban J connectivity index is 2.67. The average Bonchev–Trinajstić information content (AvgIpc) is 2.39. The molecule has 1 atom stereocenters. The topological polar surface area (TPSA) is 62.4 Å². The van der Waals surface area contributed by atoms with E-state index in [2.05, 4.69) is 36.6 Å². The van der Waals surface area contributed by atoms with E-state index in [1.165, 1.54) is 7.11 Å². The van der Waals surface area contributed by atoms with Crippen LogP contribution in [-0.2, 0) is 4.74 Å². The van der Waals surface area contributed by atoms with Crippen molar-refractivity contribution in [3.8, 4) is 0 Å². The van der Waals surface area contributed by atoms with Crippen molar-refractivity contribution in [3.63, 3.8) is 0 Å². The Morgan fingerprint density at radius 2 is 1.86 bits per heavy atom. The minimum Gasteiger partial charge on any atom is -0.453 e. The molecule has 0 spiro atoms. The summed E-state index contributed by atoms with van der Waals surface area (Å²) in [5, 5.41) is 8.08. The number of alkyl halides is 3. The van der Waals surface area contributed by atoms with Crippen LogP contribution in [0.4, 0.5) is 10.5 Å². The molecule has 116 valence electrons. The van der Waals surface area contributed by atoms with Gasteiger partial charge in [-0.1, -0.05) is 50.7 Å². The van der Waals surface area contributed by atoms with Crippen molar-refractivity contribution in [2.75, 3.05) is 12.4 Å². The molecular weight excluding hydrogens is 424 g/mol. The molecule has 0 aliphatic carbocycles. The number of halogens is 4. The van der Waals surface area contributed by atoms with Crippen LogP contribution in [0.15, 0.2) is 28.7 Å². The molecule has 0 saturated heterocycles. The van der Waals surface area contributed by atoms with Gasteiger partial charge in [-0.3, -0.25) is 5.32 Å². The van der Waals surface area contributed by atoms with Gasteiger partial charge in [0.15, 0.2) is 11.3 Å². The van der Waals surface area contributed by atoms with Gasteiger partial charge in [0.25, 0.3) is 0 Å². The molecule has 1 rings (SSSR count). The Labute approximate surface area is 150 Å². The van der Waals surface area contributed by atoms with Crippen LogP contribution in [0.3, 0.4) is 0 Å². The van der Waals surface area contributed by atoms with Crippen LogP contribution in [0.2, 0.25) is 0 Å². The molecule has 1 aromatic carbocycles. The molecule has 0 fully saturated rings. The second kappa shape index (κ2) is 8.24. The number of carbonyl (C=O) groups excluding carboxylic acids is 1. The number of thiocarbonyl (C=S) groups is 1. The number of carbonyl (C=O) groups is 1. The van der Waals surface area contributed by atoms with Crippen molar-refractivity contribution in [1.82, 2.24) is 10.6 Å². The SMILES string of the molecule is COC(=O)NC(NC(=S)Nc1ccc(Br)cc1)C(Cl)(Cl)Cl. The molecule has 0 aliphatic rings. The van der Waals surface area contributed by atoms with Crippen molar-refractivity contribution in [2.24, 2.45) is 0 Å². The normalized spacial score (nSPS) is 12.2. The molecule has 0 aromatic heterocycles. The Morgan fingerprint density at radius 1 is 1.29 bits per heavy atom. The van der Waals surface area contributed by atoms with E-state index >= 15 is 0 Å². The van der Waals surface area contributed by atoms with Crippen LogP contribution in [0.5, 0.6) is 0 Å². The number of benzene rings is 1. The van der Waals surface area contributed by atoms with Gasteiger partial charge in [0, 0.05) is 10.2 Å². The molecule has 0 aliphatic heterocycles. The summed E-state index contributed by atoms with van der Waals surface area (Å²) in [4.78, 5) is 11.2. The molecule has 0 bridgehead atoms. The largest absolute Gasteiger partial charge is 0.453 e. The summed E-state index contributed by atoms with van der Waals surface area (Å²) in [7, 11) is 1.20. The Morgan fingerprint density at radius 3 is 2.33 bits per heavy atom. The first kappa shape index (κ1) is 18.6. The third-order valence-electron chi connectivity index (χ3n) is 2.15. The maximum atomic E-state index is 11.2. The van der Waals surface area contributed by atoms with Crippen molar-refractivity contribution in [1.29, 1.82) is 0 Å². The summed E-state index contributed by atoms with van der Waals surface area (Å²) < 4.78 is 3.56. The highest BCUT2D eigenvalue weighted by Crippen LogP contribution is 2.29. The summed E-state index contributed by atoms with van der Waals surface area (Å²) in [5.74, 6) is 0. The molecule has 5 nitrogen and oxygen atoms in total.